The second kappa shape index (κ2) is 6.67. The molecule has 0 saturated carbocycles. The molecule has 3 rings (SSSR count). The van der Waals surface area contributed by atoms with Crippen molar-refractivity contribution in [1.82, 2.24) is 4.90 Å². The molecule has 2 amide bonds. The third-order valence-electron chi connectivity index (χ3n) is 3.62. The fourth-order valence-electron chi connectivity index (χ4n) is 2.41. The number of rotatable bonds is 5. The Labute approximate surface area is 139 Å². The van der Waals surface area contributed by atoms with Gasteiger partial charge in [0.2, 0.25) is 0 Å². The molecule has 1 heterocycles. The molecular weight excluding hydrogens is 312 g/mol. The van der Waals surface area contributed by atoms with Crippen molar-refractivity contribution in [3.8, 4) is 0 Å². The van der Waals surface area contributed by atoms with E-state index in [0.717, 1.165) is 5.56 Å². The molecule has 0 bridgehead atoms. The number of nitrogens with zero attached hydrogens (tertiary/aromatic N) is 1. The van der Waals surface area contributed by atoms with Gasteiger partial charge in [-0.15, -0.1) is 0 Å². The van der Waals surface area contributed by atoms with Crippen LogP contribution in [0, 0.1) is 0 Å². The molecule has 116 valence electrons. The summed E-state index contributed by atoms with van der Waals surface area (Å²) in [5.41, 5.74) is 1.91. The van der Waals surface area contributed by atoms with Crippen molar-refractivity contribution >= 4 is 29.1 Å². The largest absolute Gasteiger partial charge is 0.350 e. The zero-order valence-electron chi connectivity index (χ0n) is 12.3. The van der Waals surface area contributed by atoms with Gasteiger partial charge in [0.25, 0.3) is 11.8 Å². The Bertz CT molecular complexity index is 757. The van der Waals surface area contributed by atoms with E-state index in [9.17, 15) is 9.59 Å². The molecule has 1 N–H and O–H groups in total. The molecule has 0 spiro atoms. The zero-order chi connectivity index (χ0) is 16.2. The van der Waals surface area contributed by atoms with E-state index in [1.807, 2.05) is 60.7 Å². The molecule has 0 saturated heterocycles. The van der Waals surface area contributed by atoms with Gasteiger partial charge >= 0.3 is 0 Å². The van der Waals surface area contributed by atoms with Crippen molar-refractivity contribution in [3.63, 3.8) is 0 Å². The van der Waals surface area contributed by atoms with E-state index in [-0.39, 0.29) is 16.6 Å². The lowest BCUT2D eigenvalue weighted by Gasteiger charge is -2.15. The van der Waals surface area contributed by atoms with E-state index in [1.165, 1.54) is 4.90 Å². The highest BCUT2D eigenvalue weighted by Crippen LogP contribution is 2.25. The minimum atomic E-state index is -0.453. The van der Waals surface area contributed by atoms with Crippen LogP contribution >= 0.6 is 11.6 Å². The Morgan fingerprint density at radius 1 is 0.870 bits per heavy atom. The molecule has 1 aliphatic heterocycles. The summed E-state index contributed by atoms with van der Waals surface area (Å²) in [6.07, 6.45) is 0.598. The Morgan fingerprint density at radius 2 is 1.48 bits per heavy atom. The Balaban J connectivity index is 1.71. The van der Waals surface area contributed by atoms with Crippen LogP contribution in [0.3, 0.4) is 0 Å². The van der Waals surface area contributed by atoms with Gasteiger partial charge in [0.05, 0.1) is 0 Å². The van der Waals surface area contributed by atoms with Crippen LogP contribution in [-0.4, -0.2) is 23.3 Å². The number of hydrogen-bond donors (Lipinski definition) is 1. The van der Waals surface area contributed by atoms with E-state index < -0.39 is 5.91 Å². The quantitative estimate of drug-likeness (QED) is 0.859. The second-order valence-electron chi connectivity index (χ2n) is 5.18. The summed E-state index contributed by atoms with van der Waals surface area (Å²) >= 11 is 6.06. The lowest BCUT2D eigenvalue weighted by Crippen LogP contribution is -2.34. The minimum absolute atomic E-state index is 0.0630. The molecule has 5 heteroatoms. The summed E-state index contributed by atoms with van der Waals surface area (Å²) in [7, 11) is 0. The second-order valence-corrected chi connectivity index (χ2v) is 5.56. The van der Waals surface area contributed by atoms with Crippen molar-refractivity contribution in [2.24, 2.45) is 0 Å². The first kappa shape index (κ1) is 15.3. The third kappa shape index (κ3) is 3.27. The van der Waals surface area contributed by atoms with Crippen molar-refractivity contribution in [2.75, 3.05) is 11.9 Å². The lowest BCUT2D eigenvalue weighted by atomic mass is 10.1. The Kier molecular flexibility index (Phi) is 4.44. The molecule has 2 aromatic rings. The molecule has 0 aromatic heterocycles. The normalized spacial score (nSPS) is 14.6. The van der Waals surface area contributed by atoms with Crippen LogP contribution < -0.4 is 5.32 Å². The number of nitrogens with one attached hydrogen (secondary N) is 1. The highest BCUT2D eigenvalue weighted by molar-refractivity contribution is 6.48. The standard InChI is InChI=1S/C18H15ClN2O2/c19-15-16(20-14-9-5-2-6-10-14)18(23)21(17(15)22)12-11-13-7-3-1-4-8-13/h1-10,20H,11-12H2. The Hall–Kier alpha value is -2.59. The smallest absolute Gasteiger partial charge is 0.278 e. The molecule has 0 fully saturated rings. The number of hydrogen-bond acceptors (Lipinski definition) is 3. The van der Waals surface area contributed by atoms with Crippen LogP contribution in [0.15, 0.2) is 71.4 Å². The number of amides is 2. The number of para-hydroxylation sites is 1. The maximum absolute atomic E-state index is 12.5. The lowest BCUT2D eigenvalue weighted by molar-refractivity contribution is -0.137. The summed E-state index contributed by atoms with van der Waals surface area (Å²) in [5, 5.41) is 2.87. The predicted molar refractivity (Wildman–Crippen MR) is 89.8 cm³/mol. The molecule has 0 atom stereocenters. The number of anilines is 1. The number of imide groups is 1. The molecule has 0 radical (unpaired) electrons. The highest BCUT2D eigenvalue weighted by Gasteiger charge is 2.37. The van der Waals surface area contributed by atoms with Crippen LogP contribution in [0.4, 0.5) is 5.69 Å². The van der Waals surface area contributed by atoms with Gasteiger partial charge in [0.1, 0.15) is 10.7 Å². The number of carbonyl (C=O) groups excluding carboxylic acids is 2. The van der Waals surface area contributed by atoms with E-state index in [0.29, 0.717) is 18.7 Å². The molecule has 4 nitrogen and oxygen atoms in total. The average Bonchev–Trinajstić information content (AvgIpc) is 2.79. The Morgan fingerprint density at radius 3 is 2.13 bits per heavy atom. The summed E-state index contributed by atoms with van der Waals surface area (Å²) in [4.78, 5) is 25.8. The van der Waals surface area contributed by atoms with E-state index in [2.05, 4.69) is 5.32 Å². The van der Waals surface area contributed by atoms with Gasteiger partial charge in [-0.05, 0) is 24.1 Å². The third-order valence-corrected chi connectivity index (χ3v) is 3.97. The topological polar surface area (TPSA) is 49.4 Å². The molecule has 2 aromatic carbocycles. The van der Waals surface area contributed by atoms with E-state index in [4.69, 9.17) is 11.6 Å². The zero-order valence-corrected chi connectivity index (χ0v) is 13.1. The fourth-order valence-corrected chi connectivity index (χ4v) is 2.64. The monoisotopic (exact) mass is 326 g/mol. The first-order valence-corrected chi connectivity index (χ1v) is 7.66. The first-order valence-electron chi connectivity index (χ1n) is 7.29. The van der Waals surface area contributed by atoms with Crippen LogP contribution in [0.2, 0.25) is 0 Å². The molecular formula is C18H15ClN2O2. The van der Waals surface area contributed by atoms with Gasteiger partial charge in [-0.1, -0.05) is 60.1 Å². The average molecular weight is 327 g/mol. The first-order chi connectivity index (χ1) is 11.2. The van der Waals surface area contributed by atoms with Crippen LogP contribution in [0.25, 0.3) is 0 Å². The fraction of sp³-hybridized carbons (Fsp3) is 0.111. The van der Waals surface area contributed by atoms with Crippen molar-refractivity contribution in [2.45, 2.75) is 6.42 Å². The molecule has 0 aliphatic carbocycles. The van der Waals surface area contributed by atoms with Crippen LogP contribution in [0.1, 0.15) is 5.56 Å². The summed E-state index contributed by atoms with van der Waals surface area (Å²) in [6.45, 7) is 0.303. The minimum Gasteiger partial charge on any atom is -0.350 e. The van der Waals surface area contributed by atoms with Crippen molar-refractivity contribution in [1.29, 1.82) is 0 Å². The van der Waals surface area contributed by atoms with E-state index >= 15 is 0 Å². The predicted octanol–water partition coefficient (Wildman–Crippen LogP) is 3.16. The van der Waals surface area contributed by atoms with Gasteiger partial charge in [-0.2, -0.15) is 0 Å². The van der Waals surface area contributed by atoms with Crippen molar-refractivity contribution in [3.05, 3.63) is 77.0 Å². The van der Waals surface area contributed by atoms with Crippen LogP contribution in [-0.2, 0) is 16.0 Å². The summed E-state index contributed by atoms with van der Waals surface area (Å²) in [6, 6.07) is 18.9. The maximum Gasteiger partial charge on any atom is 0.278 e. The van der Waals surface area contributed by atoms with Gasteiger partial charge in [-0.25, -0.2) is 0 Å². The number of benzene rings is 2. The number of carbonyl (C=O) groups is 2. The van der Waals surface area contributed by atoms with E-state index in [1.54, 1.807) is 0 Å². The van der Waals surface area contributed by atoms with Gasteiger partial charge < -0.3 is 5.32 Å². The SMILES string of the molecule is O=C1C(Cl)=C(Nc2ccccc2)C(=O)N1CCc1ccccc1. The molecule has 1 aliphatic rings. The van der Waals surface area contributed by atoms with Crippen molar-refractivity contribution < 1.29 is 9.59 Å². The maximum atomic E-state index is 12.5. The van der Waals surface area contributed by atoms with Gasteiger partial charge in [0, 0.05) is 12.2 Å². The number of halogens is 1. The summed E-state index contributed by atoms with van der Waals surface area (Å²) < 4.78 is 0. The summed E-state index contributed by atoms with van der Waals surface area (Å²) in [5.74, 6) is -0.842. The van der Waals surface area contributed by atoms with Gasteiger partial charge in [-0.3, -0.25) is 14.5 Å². The van der Waals surface area contributed by atoms with Crippen LogP contribution in [0.5, 0.6) is 0 Å². The molecule has 0 unspecified atom stereocenters. The highest BCUT2D eigenvalue weighted by atomic mass is 35.5. The molecule has 23 heavy (non-hydrogen) atoms. The van der Waals surface area contributed by atoms with Gasteiger partial charge in [0.15, 0.2) is 0 Å².